The maximum absolute atomic E-state index is 12.4. The van der Waals surface area contributed by atoms with Crippen molar-refractivity contribution in [1.82, 2.24) is 10.2 Å². The molecule has 0 spiro atoms. The number of methoxy groups -OCH3 is 2. The van der Waals surface area contributed by atoms with Gasteiger partial charge >= 0.3 is 6.03 Å². The third-order valence-corrected chi connectivity index (χ3v) is 4.95. The number of hydrogen-bond donors (Lipinski definition) is 2. The Kier molecular flexibility index (Phi) is 9.80. The summed E-state index contributed by atoms with van der Waals surface area (Å²) < 4.78 is 11.3. The van der Waals surface area contributed by atoms with Gasteiger partial charge in [0, 0.05) is 29.2 Å². The molecule has 1 rings (SSSR count). The van der Waals surface area contributed by atoms with E-state index in [9.17, 15) is 4.79 Å². The van der Waals surface area contributed by atoms with Crippen molar-refractivity contribution in [2.75, 3.05) is 39.2 Å². The molecule has 148 valence electrons. The largest absolute Gasteiger partial charge is 0.493 e. The SMILES string of the molecule is CCN(CC)[C@H](CNC(=O)Nc1cc(OC)c(OC)cc1Br)CC(C)C. The van der Waals surface area contributed by atoms with Crippen molar-refractivity contribution in [3.05, 3.63) is 16.6 Å². The standard InChI is InChI=1S/C19H32BrN3O3/c1-7-23(8-2)14(9-13(3)4)12-21-19(24)22-16-11-18(26-6)17(25-5)10-15(16)20/h10-11,13-14H,7-9,12H2,1-6H3,(H2,21,22,24)/t14-/m0/s1. The second kappa shape index (κ2) is 11.3. The van der Waals surface area contributed by atoms with Crippen LogP contribution in [0.25, 0.3) is 0 Å². The summed E-state index contributed by atoms with van der Waals surface area (Å²) in [6, 6.07) is 3.59. The van der Waals surface area contributed by atoms with Gasteiger partial charge in [0.05, 0.1) is 19.9 Å². The average molecular weight is 430 g/mol. The van der Waals surface area contributed by atoms with E-state index in [4.69, 9.17) is 9.47 Å². The zero-order chi connectivity index (χ0) is 19.7. The van der Waals surface area contributed by atoms with E-state index < -0.39 is 0 Å². The Morgan fingerprint density at radius 2 is 1.73 bits per heavy atom. The molecule has 0 aromatic heterocycles. The Hall–Kier alpha value is -1.47. The van der Waals surface area contributed by atoms with Gasteiger partial charge in [-0.1, -0.05) is 27.7 Å². The predicted octanol–water partition coefficient (Wildman–Crippen LogP) is 4.34. The van der Waals surface area contributed by atoms with Gasteiger partial charge in [-0.3, -0.25) is 4.90 Å². The molecule has 0 bridgehead atoms. The van der Waals surface area contributed by atoms with Gasteiger partial charge in [0.25, 0.3) is 0 Å². The van der Waals surface area contributed by atoms with E-state index in [0.29, 0.717) is 35.7 Å². The summed E-state index contributed by atoms with van der Waals surface area (Å²) >= 11 is 3.45. The zero-order valence-electron chi connectivity index (χ0n) is 16.7. The normalized spacial score (nSPS) is 12.2. The molecular formula is C19H32BrN3O3. The van der Waals surface area contributed by atoms with Crippen LogP contribution in [0.1, 0.15) is 34.1 Å². The minimum Gasteiger partial charge on any atom is -0.493 e. The van der Waals surface area contributed by atoms with Crippen molar-refractivity contribution in [2.45, 2.75) is 40.2 Å². The summed E-state index contributed by atoms with van der Waals surface area (Å²) in [6.07, 6.45) is 1.04. The molecule has 1 atom stereocenters. The smallest absolute Gasteiger partial charge is 0.319 e. The second-order valence-corrected chi connectivity index (χ2v) is 7.38. The first-order valence-corrected chi connectivity index (χ1v) is 9.85. The molecule has 6 nitrogen and oxygen atoms in total. The Labute approximate surface area is 165 Å². The molecule has 0 aliphatic heterocycles. The van der Waals surface area contributed by atoms with Crippen LogP contribution in [-0.2, 0) is 0 Å². The maximum Gasteiger partial charge on any atom is 0.319 e. The minimum atomic E-state index is -0.237. The van der Waals surface area contributed by atoms with Crippen LogP contribution in [0.2, 0.25) is 0 Å². The number of amides is 2. The van der Waals surface area contributed by atoms with Gasteiger partial charge in [0.15, 0.2) is 11.5 Å². The van der Waals surface area contributed by atoms with Gasteiger partial charge in [0.1, 0.15) is 0 Å². The molecule has 1 aromatic carbocycles. The third kappa shape index (κ3) is 6.68. The van der Waals surface area contributed by atoms with Crippen molar-refractivity contribution in [3.8, 4) is 11.5 Å². The quantitative estimate of drug-likeness (QED) is 0.580. The van der Waals surface area contributed by atoms with Crippen LogP contribution in [0.4, 0.5) is 10.5 Å². The number of carbonyl (C=O) groups excluding carboxylic acids is 1. The molecule has 0 heterocycles. The summed E-state index contributed by atoms with van der Waals surface area (Å²) in [5.41, 5.74) is 0.628. The minimum absolute atomic E-state index is 0.237. The van der Waals surface area contributed by atoms with Crippen LogP contribution in [0, 0.1) is 5.92 Å². The summed E-state index contributed by atoms with van der Waals surface area (Å²) in [7, 11) is 3.14. The van der Waals surface area contributed by atoms with E-state index >= 15 is 0 Å². The van der Waals surface area contributed by atoms with E-state index in [1.54, 1.807) is 26.4 Å². The number of rotatable bonds is 10. The molecule has 2 N–H and O–H groups in total. The first kappa shape index (κ1) is 22.6. The lowest BCUT2D eigenvalue weighted by molar-refractivity contribution is 0.186. The van der Waals surface area contributed by atoms with Crippen LogP contribution in [0.5, 0.6) is 11.5 Å². The molecule has 1 aromatic rings. The van der Waals surface area contributed by atoms with Crippen molar-refractivity contribution < 1.29 is 14.3 Å². The number of halogens is 1. The van der Waals surface area contributed by atoms with Gasteiger partial charge in [-0.05, 0) is 41.4 Å². The summed E-state index contributed by atoms with van der Waals surface area (Å²) in [6.45, 7) is 11.3. The molecule has 26 heavy (non-hydrogen) atoms. The number of hydrogen-bond acceptors (Lipinski definition) is 4. The topological polar surface area (TPSA) is 62.8 Å². The fourth-order valence-corrected chi connectivity index (χ4v) is 3.39. The predicted molar refractivity (Wildman–Crippen MR) is 110 cm³/mol. The number of anilines is 1. The fourth-order valence-electron chi connectivity index (χ4n) is 2.97. The van der Waals surface area contributed by atoms with Crippen LogP contribution in [0.15, 0.2) is 16.6 Å². The number of nitrogens with one attached hydrogen (secondary N) is 2. The molecular weight excluding hydrogens is 398 g/mol. The number of carbonyl (C=O) groups is 1. The zero-order valence-corrected chi connectivity index (χ0v) is 18.3. The Bertz CT molecular complexity index is 577. The molecule has 0 radical (unpaired) electrons. The van der Waals surface area contributed by atoms with Crippen LogP contribution in [-0.4, -0.2) is 50.8 Å². The van der Waals surface area contributed by atoms with Gasteiger partial charge in [-0.2, -0.15) is 0 Å². The average Bonchev–Trinajstić information content (AvgIpc) is 2.61. The van der Waals surface area contributed by atoms with Gasteiger partial charge in [-0.15, -0.1) is 0 Å². The molecule has 0 fully saturated rings. The number of urea groups is 1. The number of nitrogens with zero attached hydrogens (tertiary/aromatic N) is 1. The highest BCUT2D eigenvalue weighted by Gasteiger charge is 2.18. The van der Waals surface area contributed by atoms with E-state index in [0.717, 1.165) is 24.0 Å². The van der Waals surface area contributed by atoms with E-state index in [-0.39, 0.29) is 6.03 Å². The fraction of sp³-hybridized carbons (Fsp3) is 0.632. The van der Waals surface area contributed by atoms with Crippen molar-refractivity contribution in [1.29, 1.82) is 0 Å². The molecule has 0 aliphatic carbocycles. The molecule has 7 heteroatoms. The van der Waals surface area contributed by atoms with Gasteiger partial charge in [0.2, 0.25) is 0 Å². The van der Waals surface area contributed by atoms with Crippen LogP contribution < -0.4 is 20.1 Å². The Morgan fingerprint density at radius 1 is 1.15 bits per heavy atom. The highest BCUT2D eigenvalue weighted by molar-refractivity contribution is 9.10. The lowest BCUT2D eigenvalue weighted by Gasteiger charge is -2.31. The molecule has 0 aliphatic rings. The van der Waals surface area contributed by atoms with Crippen molar-refractivity contribution >= 4 is 27.6 Å². The van der Waals surface area contributed by atoms with Gasteiger partial charge in [-0.25, -0.2) is 4.79 Å². The van der Waals surface area contributed by atoms with E-state index in [2.05, 4.69) is 59.2 Å². The number of benzene rings is 1. The lowest BCUT2D eigenvalue weighted by Crippen LogP contribution is -2.45. The molecule has 0 saturated heterocycles. The summed E-state index contributed by atoms with van der Waals surface area (Å²) in [5.74, 6) is 1.74. The molecule has 0 saturated carbocycles. The first-order chi connectivity index (χ1) is 12.4. The van der Waals surface area contributed by atoms with Gasteiger partial charge < -0.3 is 20.1 Å². The summed E-state index contributed by atoms with van der Waals surface area (Å²) in [4.78, 5) is 14.8. The van der Waals surface area contributed by atoms with Crippen molar-refractivity contribution in [2.24, 2.45) is 5.92 Å². The Balaban J connectivity index is 2.75. The summed E-state index contributed by atoms with van der Waals surface area (Å²) in [5, 5.41) is 5.86. The third-order valence-electron chi connectivity index (χ3n) is 4.29. The van der Waals surface area contributed by atoms with E-state index in [1.807, 2.05) is 0 Å². The maximum atomic E-state index is 12.4. The highest BCUT2D eigenvalue weighted by Crippen LogP contribution is 2.36. The Morgan fingerprint density at radius 3 is 2.23 bits per heavy atom. The number of ether oxygens (including phenoxy) is 2. The molecule has 0 unspecified atom stereocenters. The number of likely N-dealkylation sites (N-methyl/N-ethyl adjacent to an activating group) is 1. The first-order valence-electron chi connectivity index (χ1n) is 9.06. The monoisotopic (exact) mass is 429 g/mol. The lowest BCUT2D eigenvalue weighted by atomic mass is 10.0. The second-order valence-electron chi connectivity index (χ2n) is 6.53. The highest BCUT2D eigenvalue weighted by atomic mass is 79.9. The van der Waals surface area contributed by atoms with Crippen LogP contribution >= 0.6 is 15.9 Å². The van der Waals surface area contributed by atoms with Crippen molar-refractivity contribution in [3.63, 3.8) is 0 Å². The molecule has 2 amide bonds. The van der Waals surface area contributed by atoms with Crippen LogP contribution in [0.3, 0.4) is 0 Å². The van der Waals surface area contributed by atoms with E-state index in [1.165, 1.54) is 0 Å².